The molecule has 0 saturated carbocycles. The lowest BCUT2D eigenvalue weighted by molar-refractivity contribution is -0.139. The molecule has 0 fully saturated rings. The van der Waals surface area contributed by atoms with Gasteiger partial charge < -0.3 is 10.4 Å². The molecule has 0 spiro atoms. The molecule has 6 heteroatoms. The van der Waals surface area contributed by atoms with E-state index in [-0.39, 0.29) is 6.42 Å². The fourth-order valence-corrected chi connectivity index (χ4v) is 1.99. The Labute approximate surface area is 97.2 Å². The average Bonchev–Trinajstić information content (AvgIpc) is 2.15. The first kappa shape index (κ1) is 15.4. The number of hydrogen-bond donors (Lipinski definition) is 2. The van der Waals surface area contributed by atoms with Gasteiger partial charge in [-0.1, -0.05) is 13.3 Å². The average molecular weight is 251 g/mol. The van der Waals surface area contributed by atoms with Crippen molar-refractivity contribution in [2.75, 3.05) is 19.3 Å². The van der Waals surface area contributed by atoms with Crippen LogP contribution in [0, 0.1) is 0 Å². The Morgan fingerprint density at radius 3 is 2.31 bits per heavy atom. The minimum absolute atomic E-state index is 0.0882. The molecule has 0 aromatic rings. The number of aliphatic carboxylic acids is 1. The number of carboxylic acids is 1. The second-order valence-corrected chi connectivity index (χ2v) is 6.61. The van der Waals surface area contributed by atoms with Crippen LogP contribution in [0.2, 0.25) is 0 Å². The van der Waals surface area contributed by atoms with Gasteiger partial charge in [-0.25, -0.2) is 8.42 Å². The number of sulfone groups is 1. The van der Waals surface area contributed by atoms with Crippen molar-refractivity contribution in [2.24, 2.45) is 0 Å². The summed E-state index contributed by atoms with van der Waals surface area (Å²) >= 11 is 0. The summed E-state index contributed by atoms with van der Waals surface area (Å²) in [4.78, 5) is 11.0. The highest BCUT2D eigenvalue weighted by atomic mass is 32.2. The molecule has 0 aromatic carbocycles. The van der Waals surface area contributed by atoms with Crippen LogP contribution in [0.1, 0.15) is 33.1 Å². The van der Waals surface area contributed by atoms with Crippen molar-refractivity contribution < 1.29 is 18.3 Å². The van der Waals surface area contributed by atoms with Crippen molar-refractivity contribution in [1.82, 2.24) is 5.32 Å². The van der Waals surface area contributed by atoms with Crippen LogP contribution in [-0.4, -0.2) is 43.6 Å². The molecule has 0 saturated heterocycles. The molecule has 0 bridgehead atoms. The van der Waals surface area contributed by atoms with E-state index in [0.29, 0.717) is 6.54 Å². The first-order chi connectivity index (χ1) is 7.25. The normalized spacial score (nSPS) is 15.7. The number of nitrogens with one attached hydrogen (secondary N) is 1. The first-order valence-electron chi connectivity index (χ1n) is 5.39. The molecule has 16 heavy (non-hydrogen) atoms. The molecule has 5 nitrogen and oxygen atoms in total. The second-order valence-electron chi connectivity index (χ2n) is 4.16. The summed E-state index contributed by atoms with van der Waals surface area (Å²) in [5.74, 6) is -1.28. The molecule has 0 aliphatic rings. The minimum atomic E-state index is -3.60. The molecule has 1 unspecified atom stereocenters. The largest absolute Gasteiger partial charge is 0.480 e. The summed E-state index contributed by atoms with van der Waals surface area (Å²) in [5, 5.41) is 12.0. The highest BCUT2D eigenvalue weighted by molar-refractivity contribution is 7.92. The number of carboxylic acid groups (broad SMARTS) is 1. The van der Waals surface area contributed by atoms with Gasteiger partial charge in [0.2, 0.25) is 0 Å². The van der Waals surface area contributed by atoms with Crippen LogP contribution in [-0.2, 0) is 14.6 Å². The van der Waals surface area contributed by atoms with Crippen LogP contribution in [0.25, 0.3) is 0 Å². The zero-order chi connectivity index (χ0) is 12.8. The lowest BCUT2D eigenvalue weighted by Gasteiger charge is -2.22. The Hall–Kier alpha value is -0.620. The molecule has 0 radical (unpaired) electrons. The van der Waals surface area contributed by atoms with Gasteiger partial charge in [-0.15, -0.1) is 0 Å². The molecule has 0 aromatic heterocycles. The van der Waals surface area contributed by atoms with E-state index in [1.165, 1.54) is 6.92 Å². The van der Waals surface area contributed by atoms with Gasteiger partial charge in [0.05, 0.1) is 0 Å². The molecule has 2 N–H and O–H groups in total. The SMILES string of the molecule is CCCCNCCC(C)(C(=O)O)S(C)(=O)=O. The van der Waals surface area contributed by atoms with Crippen molar-refractivity contribution in [2.45, 2.75) is 37.9 Å². The number of unbranched alkanes of at least 4 members (excludes halogenated alkanes) is 1. The highest BCUT2D eigenvalue weighted by Gasteiger charge is 2.43. The van der Waals surface area contributed by atoms with Crippen LogP contribution in [0.15, 0.2) is 0 Å². The lowest BCUT2D eigenvalue weighted by Crippen LogP contribution is -2.45. The first-order valence-corrected chi connectivity index (χ1v) is 7.28. The monoisotopic (exact) mass is 251 g/mol. The third-order valence-electron chi connectivity index (χ3n) is 2.76. The van der Waals surface area contributed by atoms with Gasteiger partial charge in [0, 0.05) is 6.26 Å². The fraction of sp³-hybridized carbons (Fsp3) is 0.900. The Kier molecular flexibility index (Phi) is 5.96. The minimum Gasteiger partial charge on any atom is -0.480 e. The van der Waals surface area contributed by atoms with E-state index in [4.69, 9.17) is 5.11 Å². The van der Waals surface area contributed by atoms with Crippen molar-refractivity contribution in [3.05, 3.63) is 0 Å². The van der Waals surface area contributed by atoms with Crippen LogP contribution in [0.5, 0.6) is 0 Å². The molecule has 0 aliphatic heterocycles. The van der Waals surface area contributed by atoms with E-state index in [0.717, 1.165) is 25.6 Å². The molecule has 0 aliphatic carbocycles. The molecular formula is C10H21NO4S. The zero-order valence-corrected chi connectivity index (χ0v) is 10.9. The predicted molar refractivity (Wildman–Crippen MR) is 63.3 cm³/mol. The van der Waals surface area contributed by atoms with E-state index in [9.17, 15) is 13.2 Å². The van der Waals surface area contributed by atoms with E-state index in [2.05, 4.69) is 12.2 Å². The Bertz CT molecular complexity index is 326. The lowest BCUT2D eigenvalue weighted by atomic mass is 10.1. The van der Waals surface area contributed by atoms with E-state index < -0.39 is 20.6 Å². The molecule has 1 atom stereocenters. The van der Waals surface area contributed by atoms with Gasteiger partial charge in [-0.2, -0.15) is 0 Å². The Balaban J connectivity index is 4.33. The Morgan fingerprint density at radius 2 is 1.94 bits per heavy atom. The predicted octanol–water partition coefficient (Wildman–Crippen LogP) is 0.654. The molecule has 0 rings (SSSR count). The van der Waals surface area contributed by atoms with Crippen molar-refractivity contribution in [1.29, 1.82) is 0 Å². The summed E-state index contributed by atoms with van der Waals surface area (Å²) in [6.07, 6.45) is 3.11. The quantitative estimate of drug-likeness (QED) is 0.619. The summed E-state index contributed by atoms with van der Waals surface area (Å²) in [6, 6.07) is 0. The highest BCUT2D eigenvalue weighted by Crippen LogP contribution is 2.20. The van der Waals surface area contributed by atoms with Crippen LogP contribution in [0.4, 0.5) is 0 Å². The van der Waals surface area contributed by atoms with E-state index >= 15 is 0 Å². The fourth-order valence-electron chi connectivity index (χ4n) is 1.20. The van der Waals surface area contributed by atoms with Crippen LogP contribution in [0.3, 0.4) is 0 Å². The molecule has 96 valence electrons. The van der Waals surface area contributed by atoms with Gasteiger partial charge in [0.15, 0.2) is 14.6 Å². The number of hydrogen-bond acceptors (Lipinski definition) is 4. The Morgan fingerprint density at radius 1 is 1.38 bits per heavy atom. The smallest absolute Gasteiger partial charge is 0.324 e. The van der Waals surface area contributed by atoms with Crippen LogP contribution >= 0.6 is 0 Å². The maximum Gasteiger partial charge on any atom is 0.324 e. The third-order valence-corrected chi connectivity index (χ3v) is 4.77. The van der Waals surface area contributed by atoms with Gasteiger partial charge in [-0.3, -0.25) is 4.79 Å². The molecule has 0 amide bonds. The van der Waals surface area contributed by atoms with Crippen molar-refractivity contribution in [3.8, 4) is 0 Å². The second kappa shape index (κ2) is 6.20. The topological polar surface area (TPSA) is 83.5 Å². The summed E-state index contributed by atoms with van der Waals surface area (Å²) in [7, 11) is -3.60. The van der Waals surface area contributed by atoms with Gasteiger partial charge in [0.1, 0.15) is 0 Å². The summed E-state index contributed by atoms with van der Waals surface area (Å²) in [5.41, 5.74) is 0. The van der Waals surface area contributed by atoms with E-state index in [1.54, 1.807) is 0 Å². The maximum absolute atomic E-state index is 11.4. The number of carbonyl (C=O) groups is 1. The number of rotatable bonds is 8. The third kappa shape index (κ3) is 4.09. The standard InChI is InChI=1S/C10H21NO4S/c1-4-5-7-11-8-6-10(2,9(12)13)16(3,14)15/h11H,4-8H2,1-3H3,(H,12,13). The van der Waals surface area contributed by atoms with Gasteiger partial charge in [-0.05, 0) is 32.9 Å². The van der Waals surface area contributed by atoms with E-state index in [1.807, 2.05) is 0 Å². The summed E-state index contributed by atoms with van der Waals surface area (Å²) in [6.45, 7) is 4.50. The maximum atomic E-state index is 11.4. The summed E-state index contributed by atoms with van der Waals surface area (Å²) < 4.78 is 21.1. The van der Waals surface area contributed by atoms with Crippen LogP contribution < -0.4 is 5.32 Å². The molecule has 0 heterocycles. The molecular weight excluding hydrogens is 230 g/mol. The van der Waals surface area contributed by atoms with Gasteiger partial charge >= 0.3 is 5.97 Å². The van der Waals surface area contributed by atoms with Crippen molar-refractivity contribution in [3.63, 3.8) is 0 Å². The van der Waals surface area contributed by atoms with Crippen molar-refractivity contribution >= 4 is 15.8 Å². The zero-order valence-electron chi connectivity index (χ0n) is 10.1. The van der Waals surface area contributed by atoms with Gasteiger partial charge in [0.25, 0.3) is 0 Å².